The van der Waals surface area contributed by atoms with Gasteiger partial charge in [0.25, 0.3) is 0 Å². The molecule has 0 rings (SSSR count). The fourth-order valence-electron chi connectivity index (χ4n) is 3.73. The van der Waals surface area contributed by atoms with E-state index in [1.165, 1.54) is 39.3 Å². The van der Waals surface area contributed by atoms with Crippen LogP contribution in [0.5, 0.6) is 0 Å². The van der Waals surface area contributed by atoms with Crippen LogP contribution in [0.15, 0.2) is 0 Å². The van der Waals surface area contributed by atoms with E-state index in [9.17, 15) is 0 Å². The molecule has 0 aromatic rings. The van der Waals surface area contributed by atoms with E-state index >= 15 is 0 Å². The summed E-state index contributed by atoms with van der Waals surface area (Å²) in [6.45, 7) is 35.7. The van der Waals surface area contributed by atoms with E-state index in [1.54, 1.807) is 4.91 Å². The standard InChI is InChI=1S/C24H54N3P.ClH.HN3/c1-19(2)13-25(14-20(3)4)28(26(15-21(5)6)16-22(7)8)27(17-23(9)10)18-24(11)12;;1-3-2/h19-24H,13-18H2,1-12H3;1H;1H. The third kappa shape index (κ3) is 19.4. The zero-order valence-electron chi connectivity index (χ0n) is 23.3. The first-order valence-electron chi connectivity index (χ1n) is 12.3. The number of nitrogens with zero attached hydrogens (tertiary/aromatic N) is 5. The summed E-state index contributed by atoms with van der Waals surface area (Å²) in [6, 6.07) is 0. The van der Waals surface area contributed by atoms with E-state index in [0.717, 1.165) is 0 Å². The van der Waals surface area contributed by atoms with Gasteiger partial charge >= 0.3 is 0 Å². The van der Waals surface area contributed by atoms with Crippen LogP contribution in [-0.2, 0) is 0 Å². The first-order chi connectivity index (χ1) is 14.2. The Labute approximate surface area is 208 Å². The third-order valence-electron chi connectivity index (χ3n) is 4.21. The Morgan fingerprint density at radius 3 is 0.750 bits per heavy atom. The van der Waals surface area contributed by atoms with Gasteiger partial charge in [0.05, 0.1) is 0 Å². The summed E-state index contributed by atoms with van der Waals surface area (Å²) in [5.41, 5.74) is 12.2. The molecule has 0 heterocycles. The van der Waals surface area contributed by atoms with Gasteiger partial charge in [-0.3, -0.25) is 14.0 Å². The minimum absolute atomic E-state index is 0. The van der Waals surface area contributed by atoms with Gasteiger partial charge in [0.15, 0.2) is 0 Å². The second-order valence-electron chi connectivity index (χ2n) is 11.3. The van der Waals surface area contributed by atoms with Crippen molar-refractivity contribution in [2.75, 3.05) is 39.3 Å². The second-order valence-corrected chi connectivity index (χ2v) is 13.6. The Balaban J connectivity index is -0.00000198. The maximum atomic E-state index is 6.86. The molecule has 0 spiro atoms. The molecular formula is C24H56ClN6P. The maximum Gasteiger partial charge on any atom is 0.120 e. The van der Waals surface area contributed by atoms with Crippen LogP contribution in [0.3, 0.4) is 0 Å². The highest BCUT2D eigenvalue weighted by atomic mass is 35.5. The van der Waals surface area contributed by atoms with Gasteiger partial charge in [-0.2, -0.15) is 0 Å². The second kappa shape index (κ2) is 20.3. The van der Waals surface area contributed by atoms with Gasteiger partial charge in [0.2, 0.25) is 0 Å². The molecule has 0 aromatic heterocycles. The molecule has 0 bridgehead atoms. The van der Waals surface area contributed by atoms with E-state index in [1.807, 2.05) is 0 Å². The smallest absolute Gasteiger partial charge is 0.120 e. The van der Waals surface area contributed by atoms with Crippen LogP contribution in [0.25, 0.3) is 10.4 Å². The van der Waals surface area contributed by atoms with Gasteiger partial charge in [-0.25, -0.2) is 0 Å². The Kier molecular flexibility index (Phi) is 23.1. The van der Waals surface area contributed by atoms with Crippen molar-refractivity contribution in [1.29, 1.82) is 5.53 Å². The van der Waals surface area contributed by atoms with E-state index in [4.69, 9.17) is 11.1 Å². The summed E-state index contributed by atoms with van der Waals surface area (Å²) in [5, 5.41) is 0. The zero-order chi connectivity index (χ0) is 24.7. The number of hydrogen-bond acceptors (Lipinski definition) is 4. The highest BCUT2D eigenvalue weighted by Crippen LogP contribution is 2.50. The van der Waals surface area contributed by atoms with Gasteiger partial charge in [-0.05, 0) is 46.0 Å². The minimum atomic E-state index is -0.446. The number of halogens is 1. The van der Waals surface area contributed by atoms with Crippen LogP contribution in [0, 0.1) is 41.0 Å². The molecule has 194 valence electrons. The van der Waals surface area contributed by atoms with Gasteiger partial charge in [-0.15, -0.1) is 17.9 Å². The Morgan fingerprint density at radius 2 is 0.656 bits per heavy atom. The van der Waals surface area contributed by atoms with Crippen molar-refractivity contribution >= 4 is 20.8 Å². The molecule has 0 fully saturated rings. The Hall–Kier alpha value is -0.0900. The van der Waals surface area contributed by atoms with Gasteiger partial charge in [0, 0.05) is 39.3 Å². The first-order valence-corrected chi connectivity index (χ1v) is 13.5. The molecule has 0 aliphatic rings. The molecule has 0 aromatic carbocycles. The summed E-state index contributed by atoms with van der Waals surface area (Å²) in [5.74, 6) is 4.19. The molecule has 0 radical (unpaired) electrons. The largest absolute Gasteiger partial charge is 0.257 e. The van der Waals surface area contributed by atoms with Crippen molar-refractivity contribution in [3.05, 3.63) is 10.4 Å². The summed E-state index contributed by atoms with van der Waals surface area (Å²) in [4.78, 5) is 1.75. The summed E-state index contributed by atoms with van der Waals surface area (Å²) >= 11 is 0. The summed E-state index contributed by atoms with van der Waals surface area (Å²) in [6.07, 6.45) is 0. The van der Waals surface area contributed by atoms with Crippen LogP contribution in [-0.4, -0.2) is 53.3 Å². The average molecular weight is 495 g/mol. The highest BCUT2D eigenvalue weighted by molar-refractivity contribution is 7.50. The van der Waals surface area contributed by atoms with Gasteiger partial charge in [-0.1, -0.05) is 83.1 Å². The van der Waals surface area contributed by atoms with Crippen LogP contribution in [0.4, 0.5) is 0 Å². The van der Waals surface area contributed by atoms with E-state index in [0.29, 0.717) is 35.5 Å². The lowest BCUT2D eigenvalue weighted by molar-refractivity contribution is 0.244. The first kappa shape index (κ1) is 36.5. The van der Waals surface area contributed by atoms with Crippen molar-refractivity contribution in [2.45, 2.75) is 83.1 Å². The molecular weight excluding hydrogens is 439 g/mol. The molecule has 0 saturated carbocycles. The van der Waals surface area contributed by atoms with E-state index in [-0.39, 0.29) is 12.4 Å². The molecule has 32 heavy (non-hydrogen) atoms. The maximum absolute atomic E-state index is 6.86. The molecule has 0 saturated heterocycles. The molecule has 0 aliphatic heterocycles. The summed E-state index contributed by atoms with van der Waals surface area (Å²) in [7, 11) is -0.446. The molecule has 1 N–H and O–H groups in total. The predicted octanol–water partition coefficient (Wildman–Crippen LogP) is 8.35. The fourth-order valence-corrected chi connectivity index (χ4v) is 7.64. The topological polar surface area (TPSA) is 70.0 Å². The van der Waals surface area contributed by atoms with Crippen molar-refractivity contribution in [2.24, 2.45) is 35.5 Å². The number of nitrogens with one attached hydrogen (secondary N) is 1. The van der Waals surface area contributed by atoms with Crippen LogP contribution in [0.2, 0.25) is 0 Å². The molecule has 0 aliphatic carbocycles. The fraction of sp³-hybridized carbons (Fsp3) is 1.00. The van der Waals surface area contributed by atoms with Crippen molar-refractivity contribution < 1.29 is 0 Å². The van der Waals surface area contributed by atoms with E-state index in [2.05, 4.69) is 97.1 Å². The Bertz CT molecular complexity index is 378. The molecule has 6 nitrogen and oxygen atoms in total. The SMILES string of the molecule is CC(C)CN(CC(C)C)P(N(CC(C)C)CC(C)C)N(CC(C)C)CC(C)C.Cl.[N-]=[N+]=N. The van der Waals surface area contributed by atoms with Crippen LogP contribution in [0.1, 0.15) is 83.1 Å². The van der Waals surface area contributed by atoms with Gasteiger partial charge in [0.1, 0.15) is 8.37 Å². The van der Waals surface area contributed by atoms with Crippen molar-refractivity contribution in [3.8, 4) is 0 Å². The van der Waals surface area contributed by atoms with Crippen molar-refractivity contribution in [1.82, 2.24) is 14.0 Å². The molecule has 8 heteroatoms. The third-order valence-corrected chi connectivity index (χ3v) is 6.71. The lowest BCUT2D eigenvalue weighted by Gasteiger charge is -2.48. The van der Waals surface area contributed by atoms with Gasteiger partial charge < -0.3 is 0 Å². The van der Waals surface area contributed by atoms with Crippen molar-refractivity contribution in [3.63, 3.8) is 0 Å². The van der Waals surface area contributed by atoms with E-state index < -0.39 is 8.37 Å². The Morgan fingerprint density at radius 1 is 0.531 bits per heavy atom. The highest BCUT2D eigenvalue weighted by Gasteiger charge is 2.33. The quantitative estimate of drug-likeness (QED) is 0.107. The lowest BCUT2D eigenvalue weighted by atomic mass is 10.2. The number of hydrogen-bond donors (Lipinski definition) is 1. The minimum Gasteiger partial charge on any atom is -0.257 e. The molecule has 0 atom stereocenters. The van der Waals surface area contributed by atoms with Crippen LogP contribution >= 0.6 is 20.8 Å². The normalized spacial score (nSPS) is 12.1. The zero-order valence-corrected chi connectivity index (χ0v) is 25.0. The average Bonchev–Trinajstić information content (AvgIpc) is 2.51. The monoisotopic (exact) mass is 494 g/mol. The molecule has 0 amide bonds. The predicted molar refractivity (Wildman–Crippen MR) is 147 cm³/mol. The van der Waals surface area contributed by atoms with Crippen LogP contribution < -0.4 is 0 Å². The summed E-state index contributed by atoms with van der Waals surface area (Å²) < 4.78 is 8.58. The lowest BCUT2D eigenvalue weighted by Crippen LogP contribution is -2.44. The number of rotatable bonds is 15. The molecule has 0 unspecified atom stereocenters.